The third-order valence-electron chi connectivity index (χ3n) is 3.49. The van der Waals surface area contributed by atoms with E-state index in [2.05, 4.69) is 4.98 Å². The van der Waals surface area contributed by atoms with Gasteiger partial charge in [0.25, 0.3) is 0 Å². The Morgan fingerprint density at radius 1 is 1.40 bits per heavy atom. The Morgan fingerprint density at radius 2 is 2.10 bits per heavy atom. The zero-order valence-electron chi connectivity index (χ0n) is 10.8. The molecular weight excluding hydrogens is 293 g/mol. The predicted octanol–water partition coefficient (Wildman–Crippen LogP) is 3.50. The van der Waals surface area contributed by atoms with Crippen LogP contribution in [-0.2, 0) is 6.18 Å². The summed E-state index contributed by atoms with van der Waals surface area (Å²) in [5.41, 5.74) is -0.845. The summed E-state index contributed by atoms with van der Waals surface area (Å²) in [5, 5.41) is 8.93. The highest BCUT2D eigenvalue weighted by Crippen LogP contribution is 2.36. The number of aromatic nitrogens is 1. The summed E-state index contributed by atoms with van der Waals surface area (Å²) < 4.78 is 37.8. The molecule has 2 rings (SSSR count). The Morgan fingerprint density at radius 3 is 2.55 bits per heavy atom. The summed E-state index contributed by atoms with van der Waals surface area (Å²) in [6.45, 7) is 0.570. The van der Waals surface area contributed by atoms with E-state index in [9.17, 15) is 13.2 Å². The van der Waals surface area contributed by atoms with Crippen molar-refractivity contribution in [3.05, 3.63) is 22.8 Å². The molecule has 1 saturated carbocycles. The second-order valence-electron chi connectivity index (χ2n) is 4.88. The van der Waals surface area contributed by atoms with Crippen molar-refractivity contribution in [3.63, 3.8) is 0 Å². The lowest BCUT2D eigenvalue weighted by Gasteiger charge is -2.38. The fraction of sp³-hybridized carbons (Fsp3) is 0.615. The Hall–Kier alpha value is -1.01. The largest absolute Gasteiger partial charge is 0.417 e. The van der Waals surface area contributed by atoms with Gasteiger partial charge in [0.1, 0.15) is 5.82 Å². The van der Waals surface area contributed by atoms with Crippen LogP contribution in [0.3, 0.4) is 0 Å². The maximum Gasteiger partial charge on any atom is 0.417 e. The molecule has 1 aromatic rings. The standard InChI is InChI=1S/C13H16ClF3N2O/c14-11-7-9(13(15,16)17)8-18-12(11)19(5-2-6-20)10-3-1-4-10/h7-8,10,20H,1-6H2. The van der Waals surface area contributed by atoms with E-state index in [4.69, 9.17) is 16.7 Å². The molecule has 0 amide bonds. The van der Waals surface area contributed by atoms with Gasteiger partial charge in [-0.15, -0.1) is 0 Å². The molecule has 1 aliphatic carbocycles. The predicted molar refractivity (Wildman–Crippen MR) is 70.9 cm³/mol. The summed E-state index contributed by atoms with van der Waals surface area (Å²) in [4.78, 5) is 5.80. The summed E-state index contributed by atoms with van der Waals surface area (Å²) in [6, 6.07) is 1.16. The first-order chi connectivity index (χ1) is 9.43. The highest BCUT2D eigenvalue weighted by atomic mass is 35.5. The molecular formula is C13H16ClF3N2O. The summed E-state index contributed by atoms with van der Waals surface area (Å²) in [5.74, 6) is 0.373. The molecule has 0 bridgehead atoms. The van der Waals surface area contributed by atoms with Crippen LogP contribution < -0.4 is 4.90 Å². The van der Waals surface area contributed by atoms with Crippen LogP contribution in [0.1, 0.15) is 31.2 Å². The Bertz CT molecular complexity index is 463. The van der Waals surface area contributed by atoms with Crippen molar-refractivity contribution in [1.29, 1.82) is 0 Å². The first-order valence-electron chi connectivity index (χ1n) is 6.53. The zero-order valence-corrected chi connectivity index (χ0v) is 11.6. The average Bonchev–Trinajstić information content (AvgIpc) is 2.31. The number of aliphatic hydroxyl groups is 1. The number of nitrogens with zero attached hydrogens (tertiary/aromatic N) is 2. The van der Waals surface area contributed by atoms with Crippen molar-refractivity contribution in [3.8, 4) is 0 Å². The first kappa shape index (κ1) is 15.4. The van der Waals surface area contributed by atoms with Crippen molar-refractivity contribution in [2.75, 3.05) is 18.1 Å². The molecule has 1 aliphatic rings. The van der Waals surface area contributed by atoms with E-state index in [0.29, 0.717) is 18.8 Å². The van der Waals surface area contributed by atoms with Gasteiger partial charge in [-0.1, -0.05) is 11.6 Å². The second kappa shape index (κ2) is 6.18. The molecule has 0 aliphatic heterocycles. The number of hydrogen-bond acceptors (Lipinski definition) is 3. The van der Waals surface area contributed by atoms with Crippen LogP contribution in [0.25, 0.3) is 0 Å². The Balaban J connectivity index is 2.24. The number of halogens is 4. The molecule has 0 saturated heterocycles. The molecule has 1 heterocycles. The summed E-state index contributed by atoms with van der Waals surface area (Å²) in [6.07, 6.45) is -0.0452. The number of pyridine rings is 1. The van der Waals surface area contributed by atoms with Gasteiger partial charge in [-0.25, -0.2) is 4.98 Å². The van der Waals surface area contributed by atoms with E-state index >= 15 is 0 Å². The van der Waals surface area contributed by atoms with Gasteiger partial charge in [0.2, 0.25) is 0 Å². The molecule has 3 nitrogen and oxygen atoms in total. The number of alkyl halides is 3. The van der Waals surface area contributed by atoms with Crippen LogP contribution in [0, 0.1) is 0 Å². The molecule has 0 spiro atoms. The van der Waals surface area contributed by atoms with E-state index in [-0.39, 0.29) is 17.7 Å². The van der Waals surface area contributed by atoms with Crippen LogP contribution in [-0.4, -0.2) is 29.3 Å². The van der Waals surface area contributed by atoms with Crippen molar-refractivity contribution in [2.24, 2.45) is 0 Å². The zero-order chi connectivity index (χ0) is 14.8. The number of anilines is 1. The monoisotopic (exact) mass is 308 g/mol. The molecule has 0 unspecified atom stereocenters. The second-order valence-corrected chi connectivity index (χ2v) is 5.29. The van der Waals surface area contributed by atoms with Gasteiger partial charge in [-0.05, 0) is 31.7 Å². The van der Waals surface area contributed by atoms with E-state index in [1.807, 2.05) is 4.90 Å². The Labute approximate surface area is 120 Å². The average molecular weight is 309 g/mol. The summed E-state index contributed by atoms with van der Waals surface area (Å²) in [7, 11) is 0. The minimum absolute atomic E-state index is 0.00432. The van der Waals surface area contributed by atoms with Crippen LogP contribution in [0.5, 0.6) is 0 Å². The van der Waals surface area contributed by atoms with Gasteiger partial charge in [0, 0.05) is 25.4 Å². The molecule has 20 heavy (non-hydrogen) atoms. The van der Waals surface area contributed by atoms with Crippen molar-refractivity contribution in [2.45, 2.75) is 37.9 Å². The maximum absolute atomic E-state index is 12.6. The van der Waals surface area contributed by atoms with Gasteiger partial charge in [0.15, 0.2) is 0 Å². The van der Waals surface area contributed by atoms with Gasteiger partial charge in [0.05, 0.1) is 10.6 Å². The van der Waals surface area contributed by atoms with Crippen LogP contribution in [0.2, 0.25) is 5.02 Å². The number of hydrogen-bond donors (Lipinski definition) is 1. The molecule has 1 N–H and O–H groups in total. The van der Waals surface area contributed by atoms with E-state index < -0.39 is 11.7 Å². The van der Waals surface area contributed by atoms with Gasteiger partial charge >= 0.3 is 6.18 Å². The smallest absolute Gasteiger partial charge is 0.396 e. The SMILES string of the molecule is OCCCN(c1ncc(C(F)(F)F)cc1Cl)C1CCC1. The van der Waals surface area contributed by atoms with Gasteiger partial charge < -0.3 is 10.0 Å². The van der Waals surface area contributed by atoms with E-state index in [0.717, 1.165) is 31.5 Å². The fourth-order valence-electron chi connectivity index (χ4n) is 2.20. The van der Waals surface area contributed by atoms with Crippen LogP contribution in [0.15, 0.2) is 12.3 Å². The fourth-order valence-corrected chi connectivity index (χ4v) is 2.47. The van der Waals surface area contributed by atoms with Crippen molar-refractivity contribution in [1.82, 2.24) is 4.98 Å². The molecule has 112 valence electrons. The lowest BCUT2D eigenvalue weighted by atomic mass is 9.91. The minimum Gasteiger partial charge on any atom is -0.396 e. The Kier molecular flexibility index (Phi) is 4.75. The lowest BCUT2D eigenvalue weighted by molar-refractivity contribution is -0.137. The highest BCUT2D eigenvalue weighted by Gasteiger charge is 2.33. The van der Waals surface area contributed by atoms with Gasteiger partial charge in [-0.2, -0.15) is 13.2 Å². The molecule has 7 heteroatoms. The normalized spacial score (nSPS) is 16.1. The first-order valence-corrected chi connectivity index (χ1v) is 6.91. The van der Waals surface area contributed by atoms with E-state index in [1.165, 1.54) is 0 Å². The molecule has 0 atom stereocenters. The van der Waals surface area contributed by atoms with E-state index in [1.54, 1.807) is 0 Å². The van der Waals surface area contributed by atoms with Crippen LogP contribution >= 0.6 is 11.6 Å². The lowest BCUT2D eigenvalue weighted by Crippen LogP contribution is -2.41. The van der Waals surface area contributed by atoms with Crippen molar-refractivity contribution >= 4 is 17.4 Å². The third kappa shape index (κ3) is 3.35. The van der Waals surface area contributed by atoms with Crippen LogP contribution in [0.4, 0.5) is 19.0 Å². The number of rotatable bonds is 5. The third-order valence-corrected chi connectivity index (χ3v) is 3.77. The highest BCUT2D eigenvalue weighted by molar-refractivity contribution is 6.33. The molecule has 1 aromatic heterocycles. The molecule has 0 aromatic carbocycles. The van der Waals surface area contributed by atoms with Gasteiger partial charge in [-0.3, -0.25) is 0 Å². The van der Waals surface area contributed by atoms with Crippen molar-refractivity contribution < 1.29 is 18.3 Å². The molecule has 0 radical (unpaired) electrons. The maximum atomic E-state index is 12.6. The topological polar surface area (TPSA) is 36.4 Å². The summed E-state index contributed by atoms with van der Waals surface area (Å²) >= 11 is 5.97. The minimum atomic E-state index is -4.44. The molecule has 1 fully saturated rings. The quantitative estimate of drug-likeness (QED) is 0.904. The number of aliphatic hydroxyl groups excluding tert-OH is 1.